The first kappa shape index (κ1) is 13.7. The molecular formula is C13H23NOS. The van der Waals surface area contributed by atoms with E-state index in [0.717, 1.165) is 12.3 Å². The highest BCUT2D eigenvalue weighted by Crippen LogP contribution is 2.26. The van der Waals surface area contributed by atoms with Crippen molar-refractivity contribution in [1.82, 2.24) is 5.32 Å². The summed E-state index contributed by atoms with van der Waals surface area (Å²) in [5, 5.41) is 4.18. The summed E-state index contributed by atoms with van der Waals surface area (Å²) in [4.78, 5) is 1.26. The molecule has 0 aromatic carbocycles. The van der Waals surface area contributed by atoms with E-state index in [0.29, 0.717) is 11.3 Å². The van der Waals surface area contributed by atoms with Gasteiger partial charge in [-0.2, -0.15) is 0 Å². The summed E-state index contributed by atoms with van der Waals surface area (Å²) in [6, 6.07) is 2.71. The molecule has 0 spiro atoms. The minimum absolute atomic E-state index is 0.580. The summed E-state index contributed by atoms with van der Waals surface area (Å²) in [5.41, 5.74) is 0. The maximum absolute atomic E-state index is 5.29. The molecule has 0 aliphatic carbocycles. The Balaban J connectivity index is 2.31. The van der Waals surface area contributed by atoms with Gasteiger partial charge in [-0.05, 0) is 25.8 Å². The second kappa shape index (κ2) is 7.02. The highest BCUT2D eigenvalue weighted by atomic mass is 32.2. The zero-order valence-corrected chi connectivity index (χ0v) is 11.6. The highest BCUT2D eigenvalue weighted by molar-refractivity contribution is 8.00. The monoisotopic (exact) mass is 241 g/mol. The molecule has 0 aliphatic rings. The smallest absolute Gasteiger partial charge is 0.114 e. The fraction of sp³-hybridized carbons (Fsp3) is 0.692. The van der Waals surface area contributed by atoms with Crippen LogP contribution in [-0.4, -0.2) is 17.8 Å². The molecule has 1 aromatic rings. The summed E-state index contributed by atoms with van der Waals surface area (Å²) in [5.74, 6) is 1.03. The largest absolute Gasteiger partial charge is 0.468 e. The molecule has 3 heteroatoms. The average molecular weight is 241 g/mol. The van der Waals surface area contributed by atoms with Gasteiger partial charge in [-0.15, -0.1) is 11.8 Å². The van der Waals surface area contributed by atoms with Crippen molar-refractivity contribution in [3.8, 4) is 0 Å². The number of rotatable bonds is 7. The van der Waals surface area contributed by atoms with E-state index in [-0.39, 0.29) is 0 Å². The van der Waals surface area contributed by atoms with Crippen LogP contribution < -0.4 is 5.32 Å². The summed E-state index contributed by atoms with van der Waals surface area (Å²) in [7, 11) is 0. The van der Waals surface area contributed by atoms with Crippen molar-refractivity contribution in [2.45, 2.75) is 56.7 Å². The molecule has 0 fully saturated rings. The minimum Gasteiger partial charge on any atom is -0.468 e. The van der Waals surface area contributed by atoms with Crippen LogP contribution in [0, 0.1) is 6.92 Å². The van der Waals surface area contributed by atoms with Crippen LogP contribution in [0.4, 0.5) is 0 Å². The molecule has 0 saturated carbocycles. The van der Waals surface area contributed by atoms with Gasteiger partial charge in [0.2, 0.25) is 0 Å². The summed E-state index contributed by atoms with van der Waals surface area (Å²) >= 11 is 1.88. The van der Waals surface area contributed by atoms with Gasteiger partial charge in [0.25, 0.3) is 0 Å². The molecule has 1 aromatic heterocycles. The first-order valence-corrected chi connectivity index (χ1v) is 6.99. The molecule has 0 amide bonds. The van der Waals surface area contributed by atoms with Crippen LogP contribution in [-0.2, 0) is 0 Å². The Labute approximate surface area is 103 Å². The molecule has 1 unspecified atom stereocenters. The van der Waals surface area contributed by atoms with Gasteiger partial charge < -0.3 is 9.73 Å². The summed E-state index contributed by atoms with van der Waals surface area (Å²) in [6.45, 7) is 9.80. The molecule has 1 atom stereocenters. The van der Waals surface area contributed by atoms with E-state index in [2.05, 4.69) is 26.1 Å². The first-order valence-electron chi connectivity index (χ1n) is 6.11. The van der Waals surface area contributed by atoms with Crippen LogP contribution in [0.1, 0.15) is 39.4 Å². The maximum atomic E-state index is 5.29. The van der Waals surface area contributed by atoms with Crippen molar-refractivity contribution in [1.29, 1.82) is 0 Å². The van der Waals surface area contributed by atoms with E-state index in [1.54, 1.807) is 6.26 Å². The third kappa shape index (κ3) is 4.22. The van der Waals surface area contributed by atoms with Crippen molar-refractivity contribution in [2.24, 2.45) is 0 Å². The SMILES string of the molecule is CCC(CC)NCC(C)Sc1ccoc1C. The number of aryl methyl sites for hydroxylation is 1. The topological polar surface area (TPSA) is 25.2 Å². The van der Waals surface area contributed by atoms with Crippen molar-refractivity contribution in [3.63, 3.8) is 0 Å². The van der Waals surface area contributed by atoms with Crippen LogP contribution in [0.25, 0.3) is 0 Å². The van der Waals surface area contributed by atoms with E-state index < -0.39 is 0 Å². The van der Waals surface area contributed by atoms with Gasteiger partial charge in [0.15, 0.2) is 0 Å². The molecule has 2 nitrogen and oxygen atoms in total. The third-order valence-corrected chi connectivity index (χ3v) is 4.07. The van der Waals surface area contributed by atoms with Gasteiger partial charge in [0, 0.05) is 22.7 Å². The van der Waals surface area contributed by atoms with Gasteiger partial charge in [-0.25, -0.2) is 0 Å². The Bertz CT molecular complexity index is 294. The summed E-state index contributed by atoms with van der Waals surface area (Å²) < 4.78 is 5.29. The fourth-order valence-electron chi connectivity index (χ4n) is 1.66. The van der Waals surface area contributed by atoms with E-state index in [1.807, 2.05) is 24.8 Å². The Kier molecular flexibility index (Phi) is 5.99. The fourth-order valence-corrected chi connectivity index (χ4v) is 2.63. The molecule has 1 N–H and O–H groups in total. The predicted molar refractivity (Wildman–Crippen MR) is 71.1 cm³/mol. The van der Waals surface area contributed by atoms with Gasteiger partial charge in [0.1, 0.15) is 5.76 Å². The van der Waals surface area contributed by atoms with E-state index in [4.69, 9.17) is 4.42 Å². The van der Waals surface area contributed by atoms with Crippen LogP contribution >= 0.6 is 11.8 Å². The molecule has 16 heavy (non-hydrogen) atoms. The normalized spacial score (nSPS) is 13.3. The number of thioether (sulfide) groups is 1. The zero-order valence-electron chi connectivity index (χ0n) is 10.7. The van der Waals surface area contributed by atoms with Crippen LogP contribution in [0.5, 0.6) is 0 Å². The minimum atomic E-state index is 0.580. The quantitative estimate of drug-likeness (QED) is 0.734. The van der Waals surface area contributed by atoms with Crippen molar-refractivity contribution < 1.29 is 4.42 Å². The van der Waals surface area contributed by atoms with E-state index >= 15 is 0 Å². The van der Waals surface area contributed by atoms with E-state index in [9.17, 15) is 0 Å². The lowest BCUT2D eigenvalue weighted by atomic mass is 10.2. The van der Waals surface area contributed by atoms with E-state index in [1.165, 1.54) is 17.7 Å². The number of nitrogens with one attached hydrogen (secondary N) is 1. The predicted octanol–water partition coefficient (Wildman–Crippen LogP) is 3.85. The van der Waals surface area contributed by atoms with Crippen molar-refractivity contribution in [3.05, 3.63) is 18.1 Å². The maximum Gasteiger partial charge on any atom is 0.114 e. The third-order valence-electron chi connectivity index (χ3n) is 2.82. The number of furan rings is 1. The molecule has 1 rings (SSSR count). The first-order chi connectivity index (χ1) is 7.67. The van der Waals surface area contributed by atoms with Crippen LogP contribution in [0.3, 0.4) is 0 Å². The second-order valence-electron chi connectivity index (χ2n) is 4.19. The second-order valence-corrected chi connectivity index (χ2v) is 5.67. The zero-order chi connectivity index (χ0) is 12.0. The van der Waals surface area contributed by atoms with Gasteiger partial charge in [0.05, 0.1) is 6.26 Å². The molecule has 0 saturated heterocycles. The Hall–Kier alpha value is -0.410. The number of hydrogen-bond acceptors (Lipinski definition) is 3. The van der Waals surface area contributed by atoms with Gasteiger partial charge in [-0.3, -0.25) is 0 Å². The lowest BCUT2D eigenvalue weighted by molar-refractivity contribution is 0.487. The van der Waals surface area contributed by atoms with Gasteiger partial charge in [-0.1, -0.05) is 20.8 Å². The molecule has 1 heterocycles. The Morgan fingerprint density at radius 2 is 2.06 bits per heavy atom. The molecule has 0 radical (unpaired) electrons. The Morgan fingerprint density at radius 1 is 1.38 bits per heavy atom. The lowest BCUT2D eigenvalue weighted by Gasteiger charge is -2.18. The van der Waals surface area contributed by atoms with Gasteiger partial charge >= 0.3 is 0 Å². The summed E-state index contributed by atoms with van der Waals surface area (Å²) in [6.07, 6.45) is 4.18. The van der Waals surface area contributed by atoms with Crippen LogP contribution in [0.2, 0.25) is 0 Å². The molecule has 0 aliphatic heterocycles. The van der Waals surface area contributed by atoms with Crippen molar-refractivity contribution >= 4 is 11.8 Å². The standard InChI is InChI=1S/C13H23NOS/c1-5-12(6-2)14-9-10(3)16-13-7-8-15-11(13)4/h7-8,10,12,14H,5-6,9H2,1-4H3. The average Bonchev–Trinajstić information content (AvgIpc) is 2.66. The number of hydrogen-bond donors (Lipinski definition) is 1. The molecule has 92 valence electrons. The highest BCUT2D eigenvalue weighted by Gasteiger charge is 2.10. The molecule has 0 bridgehead atoms. The van der Waals surface area contributed by atoms with Crippen molar-refractivity contribution in [2.75, 3.05) is 6.54 Å². The lowest BCUT2D eigenvalue weighted by Crippen LogP contribution is -2.32. The van der Waals surface area contributed by atoms with Crippen LogP contribution in [0.15, 0.2) is 21.6 Å². The Morgan fingerprint density at radius 3 is 2.56 bits per heavy atom. The molecular weight excluding hydrogens is 218 g/mol.